The number of alkyl halides is 3. The Hall–Kier alpha value is -2.40. The molecule has 3 heterocycles. The van der Waals surface area contributed by atoms with Crippen LogP contribution in [0.15, 0.2) is 18.2 Å². The SMILES string of the molecule is Cc1nnc(N2CCN(CCC(=O)N3CCC(Nc4ccc(C)c(C(F)(F)F)c4)CC3)CC2)s1. The largest absolute Gasteiger partial charge is 0.416 e. The van der Waals surface area contributed by atoms with Gasteiger partial charge in [0.2, 0.25) is 11.0 Å². The van der Waals surface area contributed by atoms with Crippen LogP contribution in [0.25, 0.3) is 0 Å². The molecule has 0 spiro atoms. The molecule has 4 rings (SSSR count). The van der Waals surface area contributed by atoms with Gasteiger partial charge in [0.05, 0.1) is 5.56 Å². The minimum absolute atomic E-state index is 0.0601. The van der Waals surface area contributed by atoms with Gasteiger partial charge >= 0.3 is 6.18 Å². The Bertz CT molecular complexity index is 981. The van der Waals surface area contributed by atoms with Crippen molar-refractivity contribution >= 4 is 28.1 Å². The van der Waals surface area contributed by atoms with Crippen molar-refractivity contribution in [1.29, 1.82) is 0 Å². The number of carbonyl (C=O) groups is 1. The summed E-state index contributed by atoms with van der Waals surface area (Å²) in [6.07, 6.45) is -2.42. The summed E-state index contributed by atoms with van der Waals surface area (Å²) < 4.78 is 39.5. The zero-order chi connectivity index (χ0) is 24.3. The van der Waals surface area contributed by atoms with Gasteiger partial charge in [-0.15, -0.1) is 10.2 Å². The first-order chi connectivity index (χ1) is 16.2. The lowest BCUT2D eigenvalue weighted by molar-refractivity contribution is -0.138. The third-order valence-electron chi connectivity index (χ3n) is 6.56. The number of likely N-dealkylation sites (tertiary alicyclic amines) is 1. The second-order valence-electron chi connectivity index (χ2n) is 9.01. The summed E-state index contributed by atoms with van der Waals surface area (Å²) in [5.74, 6) is 0.148. The molecule has 0 unspecified atom stereocenters. The maximum Gasteiger partial charge on any atom is 0.416 e. The number of hydrogen-bond acceptors (Lipinski definition) is 7. The predicted molar refractivity (Wildman–Crippen MR) is 127 cm³/mol. The second-order valence-corrected chi connectivity index (χ2v) is 10.2. The Balaban J connectivity index is 1.18. The van der Waals surface area contributed by atoms with E-state index in [9.17, 15) is 18.0 Å². The molecule has 0 bridgehead atoms. The van der Waals surface area contributed by atoms with Crippen LogP contribution in [0.4, 0.5) is 24.0 Å². The molecule has 2 aliphatic heterocycles. The van der Waals surface area contributed by atoms with E-state index in [0.29, 0.717) is 25.2 Å². The van der Waals surface area contributed by atoms with Crippen LogP contribution >= 0.6 is 11.3 Å². The maximum absolute atomic E-state index is 13.2. The Morgan fingerprint density at radius 2 is 1.79 bits per heavy atom. The van der Waals surface area contributed by atoms with Crippen LogP contribution in [0.1, 0.15) is 35.4 Å². The summed E-state index contributed by atoms with van der Waals surface area (Å²) in [5, 5.41) is 13.4. The van der Waals surface area contributed by atoms with Gasteiger partial charge in [-0.2, -0.15) is 13.2 Å². The van der Waals surface area contributed by atoms with E-state index in [0.717, 1.165) is 55.7 Å². The third-order valence-corrected chi connectivity index (χ3v) is 7.46. The zero-order valence-electron chi connectivity index (χ0n) is 19.6. The minimum Gasteiger partial charge on any atom is -0.382 e. The number of anilines is 2. The summed E-state index contributed by atoms with van der Waals surface area (Å²) in [6, 6.07) is 4.43. The quantitative estimate of drug-likeness (QED) is 0.657. The topological polar surface area (TPSA) is 64.6 Å². The van der Waals surface area contributed by atoms with E-state index in [1.165, 1.54) is 19.1 Å². The molecule has 0 radical (unpaired) electrons. The fraction of sp³-hybridized carbons (Fsp3) is 0.609. The van der Waals surface area contributed by atoms with Gasteiger partial charge in [0, 0.05) is 64.0 Å². The van der Waals surface area contributed by atoms with Crippen molar-refractivity contribution in [2.75, 3.05) is 56.0 Å². The summed E-state index contributed by atoms with van der Waals surface area (Å²) >= 11 is 1.60. The van der Waals surface area contributed by atoms with Crippen molar-refractivity contribution in [2.45, 2.75) is 45.3 Å². The molecule has 2 aromatic rings. The van der Waals surface area contributed by atoms with Gasteiger partial charge in [-0.05, 0) is 44.4 Å². The lowest BCUT2D eigenvalue weighted by Crippen LogP contribution is -2.48. The predicted octanol–water partition coefficient (Wildman–Crippen LogP) is 3.79. The van der Waals surface area contributed by atoms with Crippen molar-refractivity contribution in [3.05, 3.63) is 34.3 Å². The number of aromatic nitrogens is 2. The number of halogens is 3. The van der Waals surface area contributed by atoms with Crippen LogP contribution in [0.3, 0.4) is 0 Å². The molecule has 2 fully saturated rings. The molecule has 7 nitrogen and oxygen atoms in total. The average molecular weight is 497 g/mol. The minimum atomic E-state index is -4.36. The van der Waals surface area contributed by atoms with Crippen molar-refractivity contribution in [2.24, 2.45) is 0 Å². The second kappa shape index (κ2) is 10.5. The number of amides is 1. The Morgan fingerprint density at radius 3 is 2.41 bits per heavy atom. The number of aryl methyl sites for hydroxylation is 2. The first-order valence-corrected chi connectivity index (χ1v) is 12.5. The number of hydrogen-bond donors (Lipinski definition) is 1. The van der Waals surface area contributed by atoms with Gasteiger partial charge in [0.25, 0.3) is 0 Å². The molecule has 11 heteroatoms. The molecule has 1 aromatic heterocycles. The molecule has 0 aliphatic carbocycles. The summed E-state index contributed by atoms with van der Waals surface area (Å²) in [4.78, 5) is 19.2. The summed E-state index contributed by atoms with van der Waals surface area (Å²) in [5.41, 5.74) is 0.0880. The normalized spacial score (nSPS) is 18.4. The number of nitrogens with one attached hydrogen (secondary N) is 1. The Kier molecular flexibility index (Phi) is 7.61. The van der Waals surface area contributed by atoms with Gasteiger partial charge in [-0.3, -0.25) is 9.69 Å². The van der Waals surface area contributed by atoms with E-state index >= 15 is 0 Å². The molecule has 0 saturated carbocycles. The van der Waals surface area contributed by atoms with E-state index in [1.807, 2.05) is 11.8 Å². The highest BCUT2D eigenvalue weighted by molar-refractivity contribution is 7.15. The molecule has 34 heavy (non-hydrogen) atoms. The molecule has 0 atom stereocenters. The molecule has 1 aromatic carbocycles. The van der Waals surface area contributed by atoms with Gasteiger partial charge in [-0.25, -0.2) is 0 Å². The average Bonchev–Trinajstić information content (AvgIpc) is 3.25. The van der Waals surface area contributed by atoms with Crippen LogP contribution in [0.2, 0.25) is 0 Å². The first kappa shape index (κ1) is 24.7. The number of piperazine rings is 1. The van der Waals surface area contributed by atoms with Gasteiger partial charge in [-0.1, -0.05) is 17.4 Å². The lowest BCUT2D eigenvalue weighted by atomic mass is 10.0. The van der Waals surface area contributed by atoms with Gasteiger partial charge < -0.3 is 15.1 Å². The van der Waals surface area contributed by atoms with E-state index in [4.69, 9.17) is 0 Å². The Morgan fingerprint density at radius 1 is 1.09 bits per heavy atom. The van der Waals surface area contributed by atoms with Gasteiger partial charge in [0.15, 0.2) is 0 Å². The van der Waals surface area contributed by atoms with Crippen molar-refractivity contribution in [1.82, 2.24) is 20.0 Å². The molecule has 186 valence electrons. The highest BCUT2D eigenvalue weighted by atomic mass is 32.1. The van der Waals surface area contributed by atoms with E-state index < -0.39 is 11.7 Å². The zero-order valence-corrected chi connectivity index (χ0v) is 20.4. The number of piperidine rings is 1. The van der Waals surface area contributed by atoms with Crippen LogP contribution in [-0.2, 0) is 11.0 Å². The maximum atomic E-state index is 13.2. The molecule has 2 saturated heterocycles. The fourth-order valence-corrected chi connectivity index (χ4v) is 5.25. The van der Waals surface area contributed by atoms with Crippen LogP contribution in [0, 0.1) is 13.8 Å². The van der Waals surface area contributed by atoms with Crippen molar-refractivity contribution in [3.8, 4) is 0 Å². The number of benzene rings is 1. The fourth-order valence-electron chi connectivity index (χ4n) is 4.51. The lowest BCUT2D eigenvalue weighted by Gasteiger charge is -2.36. The van der Waals surface area contributed by atoms with Gasteiger partial charge in [0.1, 0.15) is 5.01 Å². The monoisotopic (exact) mass is 496 g/mol. The van der Waals surface area contributed by atoms with Crippen LogP contribution in [-0.4, -0.2) is 77.8 Å². The molecular weight excluding hydrogens is 465 g/mol. The van der Waals surface area contributed by atoms with Crippen LogP contribution < -0.4 is 10.2 Å². The number of rotatable bonds is 6. The molecule has 1 N–H and O–H groups in total. The summed E-state index contributed by atoms with van der Waals surface area (Å²) in [6.45, 7) is 8.97. The van der Waals surface area contributed by atoms with E-state index in [2.05, 4.69) is 25.3 Å². The molecular formula is C23H31F3N6OS. The highest BCUT2D eigenvalue weighted by Crippen LogP contribution is 2.34. The van der Waals surface area contributed by atoms with Crippen molar-refractivity contribution < 1.29 is 18.0 Å². The number of nitrogens with zero attached hydrogens (tertiary/aromatic N) is 5. The smallest absolute Gasteiger partial charge is 0.382 e. The Labute approximate surface area is 201 Å². The van der Waals surface area contributed by atoms with Crippen LogP contribution in [0.5, 0.6) is 0 Å². The van der Waals surface area contributed by atoms with Crippen molar-refractivity contribution in [3.63, 3.8) is 0 Å². The highest BCUT2D eigenvalue weighted by Gasteiger charge is 2.33. The molecule has 1 amide bonds. The standard InChI is InChI=1S/C23H31F3N6OS/c1-16-3-4-19(15-20(16)23(24,25)26)27-18-5-9-31(10-6-18)21(33)7-8-30-11-13-32(14-12-30)22-29-28-17(2)34-22/h3-4,15,18,27H,5-14H2,1-2H3. The number of carbonyl (C=O) groups excluding carboxylic acids is 1. The first-order valence-electron chi connectivity index (χ1n) is 11.7. The summed E-state index contributed by atoms with van der Waals surface area (Å²) in [7, 11) is 0. The van der Waals surface area contributed by atoms with E-state index in [-0.39, 0.29) is 17.5 Å². The molecule has 2 aliphatic rings. The third kappa shape index (κ3) is 6.18. The van der Waals surface area contributed by atoms with E-state index in [1.54, 1.807) is 17.4 Å².